The van der Waals surface area contributed by atoms with Gasteiger partial charge in [-0.2, -0.15) is 0 Å². The van der Waals surface area contributed by atoms with Crippen molar-refractivity contribution in [2.24, 2.45) is 17.6 Å². The molecule has 1 rings (SSSR count). The molecule has 0 unspecified atom stereocenters. The molecule has 3 heteroatoms. The summed E-state index contributed by atoms with van der Waals surface area (Å²) in [6.45, 7) is 3.46. The van der Waals surface area contributed by atoms with Crippen LogP contribution in [0.1, 0.15) is 6.42 Å². The minimum Gasteiger partial charge on any atom is -0.481 e. The Morgan fingerprint density at radius 2 is 2.22 bits per heavy atom. The van der Waals surface area contributed by atoms with Gasteiger partial charge in [0.1, 0.15) is 0 Å². The molecule has 0 heterocycles. The summed E-state index contributed by atoms with van der Waals surface area (Å²) in [7, 11) is 0. The molecule has 0 bridgehead atoms. The fourth-order valence-corrected chi connectivity index (χ4v) is 0.878. The largest absolute Gasteiger partial charge is 0.481 e. The Kier molecular flexibility index (Phi) is 1.20. The van der Waals surface area contributed by atoms with E-state index in [1.54, 1.807) is 0 Å². The zero-order chi connectivity index (χ0) is 7.02. The minimum atomic E-state index is -0.758. The Bertz CT molecular complexity index is 146. The van der Waals surface area contributed by atoms with Crippen molar-refractivity contribution >= 4 is 5.97 Å². The van der Waals surface area contributed by atoms with Crippen LogP contribution in [-0.2, 0) is 4.79 Å². The smallest absolute Gasteiger partial charge is 0.307 e. The number of carbonyl (C=O) groups is 1. The van der Waals surface area contributed by atoms with E-state index in [4.69, 9.17) is 10.8 Å². The number of aliphatic carboxylic acids is 1. The number of hydrogen-bond acceptors (Lipinski definition) is 2. The highest BCUT2D eigenvalue weighted by Gasteiger charge is 2.44. The molecule has 3 nitrogen and oxygen atoms in total. The molecule has 0 saturated heterocycles. The third kappa shape index (κ3) is 1.04. The van der Waals surface area contributed by atoms with Crippen molar-refractivity contribution in [3.63, 3.8) is 0 Å². The van der Waals surface area contributed by atoms with Crippen LogP contribution in [0.4, 0.5) is 0 Å². The predicted molar refractivity (Wildman–Crippen MR) is 32.6 cm³/mol. The molecule has 0 aromatic heterocycles. The molecule has 1 aliphatic rings. The van der Waals surface area contributed by atoms with E-state index in [1.165, 1.54) is 0 Å². The van der Waals surface area contributed by atoms with Crippen LogP contribution in [-0.4, -0.2) is 11.1 Å². The van der Waals surface area contributed by atoms with Crippen LogP contribution in [0, 0.1) is 11.8 Å². The maximum absolute atomic E-state index is 10.2. The van der Waals surface area contributed by atoms with Crippen molar-refractivity contribution in [3.8, 4) is 0 Å². The third-order valence-electron chi connectivity index (χ3n) is 1.58. The predicted octanol–water partition coefficient (Wildman–Crippen LogP) is 0.179. The highest BCUT2D eigenvalue weighted by atomic mass is 16.4. The summed E-state index contributed by atoms with van der Waals surface area (Å²) in [6, 6.07) is 0. The first-order valence-electron chi connectivity index (χ1n) is 2.80. The molecule has 9 heavy (non-hydrogen) atoms. The van der Waals surface area contributed by atoms with E-state index in [0.29, 0.717) is 12.1 Å². The first kappa shape index (κ1) is 6.13. The molecule has 0 aliphatic heterocycles. The van der Waals surface area contributed by atoms with Gasteiger partial charge in [-0.25, -0.2) is 0 Å². The van der Waals surface area contributed by atoms with E-state index in [2.05, 4.69) is 6.58 Å². The second-order valence-corrected chi connectivity index (χ2v) is 2.36. The summed E-state index contributed by atoms with van der Waals surface area (Å²) in [6.07, 6.45) is 0.671. The molecular formula is C6H9NO2. The standard InChI is InChI=1S/C6H9NO2/c1-3(7)4-2-5(4)6(8)9/h4-5H,1-2,7H2,(H,8,9)/t4-,5-/m1/s1. The minimum absolute atomic E-state index is 0.0440. The topological polar surface area (TPSA) is 63.3 Å². The van der Waals surface area contributed by atoms with Crippen LogP contribution in [0.2, 0.25) is 0 Å². The van der Waals surface area contributed by atoms with Gasteiger partial charge in [0.05, 0.1) is 5.92 Å². The average molecular weight is 127 g/mol. The molecule has 0 spiro atoms. The summed E-state index contributed by atoms with van der Waals surface area (Å²) in [4.78, 5) is 10.2. The lowest BCUT2D eigenvalue weighted by molar-refractivity contribution is -0.138. The van der Waals surface area contributed by atoms with Gasteiger partial charge < -0.3 is 10.8 Å². The van der Waals surface area contributed by atoms with Crippen LogP contribution >= 0.6 is 0 Å². The molecular weight excluding hydrogens is 118 g/mol. The van der Waals surface area contributed by atoms with Gasteiger partial charge in [-0.15, -0.1) is 0 Å². The Morgan fingerprint density at radius 3 is 2.33 bits per heavy atom. The van der Waals surface area contributed by atoms with Crippen molar-refractivity contribution in [2.45, 2.75) is 6.42 Å². The fourth-order valence-electron chi connectivity index (χ4n) is 0.878. The molecule has 2 atom stereocenters. The number of carboxylic acid groups (broad SMARTS) is 1. The SMILES string of the molecule is C=C(N)[C@H]1C[C@H]1C(=O)O. The zero-order valence-corrected chi connectivity index (χ0v) is 5.00. The van der Waals surface area contributed by atoms with E-state index in [1.807, 2.05) is 0 Å². The Morgan fingerprint density at radius 1 is 1.67 bits per heavy atom. The Labute approximate surface area is 53.2 Å². The van der Waals surface area contributed by atoms with Crippen molar-refractivity contribution in [1.29, 1.82) is 0 Å². The van der Waals surface area contributed by atoms with E-state index in [-0.39, 0.29) is 11.8 Å². The average Bonchev–Trinajstić information content (AvgIpc) is 2.39. The maximum atomic E-state index is 10.2. The first-order chi connectivity index (χ1) is 4.13. The monoisotopic (exact) mass is 127 g/mol. The lowest BCUT2D eigenvalue weighted by atomic mass is 10.3. The summed E-state index contributed by atoms with van der Waals surface area (Å²) in [5.41, 5.74) is 5.77. The number of rotatable bonds is 2. The number of allylic oxidation sites excluding steroid dienone is 1. The van der Waals surface area contributed by atoms with Crippen molar-refractivity contribution in [2.75, 3.05) is 0 Å². The van der Waals surface area contributed by atoms with Gasteiger partial charge in [-0.1, -0.05) is 6.58 Å². The van der Waals surface area contributed by atoms with E-state index in [0.717, 1.165) is 0 Å². The van der Waals surface area contributed by atoms with E-state index < -0.39 is 5.97 Å². The lowest BCUT2D eigenvalue weighted by Crippen LogP contribution is -2.04. The number of nitrogens with two attached hydrogens (primary N) is 1. The molecule has 1 fully saturated rings. The van der Waals surface area contributed by atoms with Crippen LogP contribution in [0.25, 0.3) is 0 Å². The van der Waals surface area contributed by atoms with Crippen LogP contribution in [0.15, 0.2) is 12.3 Å². The normalized spacial score (nSPS) is 31.6. The van der Waals surface area contributed by atoms with Gasteiger partial charge in [0, 0.05) is 11.6 Å². The molecule has 0 aromatic carbocycles. The van der Waals surface area contributed by atoms with Crippen molar-refractivity contribution in [1.82, 2.24) is 0 Å². The molecule has 0 aromatic rings. The van der Waals surface area contributed by atoms with Crippen molar-refractivity contribution in [3.05, 3.63) is 12.3 Å². The Balaban J connectivity index is 2.42. The highest BCUT2D eigenvalue weighted by molar-refractivity contribution is 5.74. The lowest BCUT2D eigenvalue weighted by Gasteiger charge is -1.91. The van der Waals surface area contributed by atoms with E-state index >= 15 is 0 Å². The summed E-state index contributed by atoms with van der Waals surface area (Å²) < 4.78 is 0. The first-order valence-corrected chi connectivity index (χ1v) is 2.80. The van der Waals surface area contributed by atoms with Crippen LogP contribution in [0.5, 0.6) is 0 Å². The molecule has 50 valence electrons. The van der Waals surface area contributed by atoms with Crippen molar-refractivity contribution < 1.29 is 9.90 Å². The number of hydrogen-bond donors (Lipinski definition) is 2. The Hall–Kier alpha value is -0.990. The maximum Gasteiger partial charge on any atom is 0.307 e. The summed E-state index contributed by atoms with van der Waals surface area (Å²) in [5, 5.41) is 8.38. The van der Waals surface area contributed by atoms with Gasteiger partial charge >= 0.3 is 5.97 Å². The second kappa shape index (κ2) is 1.76. The highest BCUT2D eigenvalue weighted by Crippen LogP contribution is 2.41. The van der Waals surface area contributed by atoms with Gasteiger partial charge in [0.15, 0.2) is 0 Å². The third-order valence-corrected chi connectivity index (χ3v) is 1.58. The van der Waals surface area contributed by atoms with Crippen LogP contribution in [0.3, 0.4) is 0 Å². The van der Waals surface area contributed by atoms with Gasteiger partial charge in [0.2, 0.25) is 0 Å². The molecule has 0 radical (unpaired) electrons. The zero-order valence-electron chi connectivity index (χ0n) is 5.00. The van der Waals surface area contributed by atoms with Gasteiger partial charge in [-0.05, 0) is 6.42 Å². The fraction of sp³-hybridized carbons (Fsp3) is 0.500. The number of carboxylic acids is 1. The van der Waals surface area contributed by atoms with Gasteiger partial charge in [-0.3, -0.25) is 4.79 Å². The van der Waals surface area contributed by atoms with Gasteiger partial charge in [0.25, 0.3) is 0 Å². The van der Waals surface area contributed by atoms with Crippen LogP contribution < -0.4 is 5.73 Å². The molecule has 0 amide bonds. The molecule has 3 N–H and O–H groups in total. The van der Waals surface area contributed by atoms with E-state index in [9.17, 15) is 4.79 Å². The quantitative estimate of drug-likeness (QED) is 0.556. The summed E-state index contributed by atoms with van der Waals surface area (Å²) >= 11 is 0. The molecule has 1 saturated carbocycles. The molecule has 1 aliphatic carbocycles. The second-order valence-electron chi connectivity index (χ2n) is 2.36. The summed E-state index contributed by atoms with van der Waals surface area (Å²) in [5.74, 6) is -0.961.